The number of methoxy groups -OCH3 is 2. The highest BCUT2D eigenvalue weighted by molar-refractivity contribution is 6.30. The Kier molecular flexibility index (Phi) is 9.63. The first kappa shape index (κ1) is 32.5. The molecule has 0 fully saturated rings. The molecule has 0 aliphatic carbocycles. The summed E-state index contributed by atoms with van der Waals surface area (Å²) in [5.41, 5.74) is 4.78. The number of ether oxygens (including phenoxy) is 4. The maximum atomic E-state index is 13.8. The van der Waals surface area contributed by atoms with E-state index < -0.39 is 11.7 Å². The molecular formula is C36H37ClN4O5. The Morgan fingerprint density at radius 2 is 1.67 bits per heavy atom. The Bertz CT molecular complexity index is 1880. The first-order valence-electron chi connectivity index (χ1n) is 14.8. The minimum Gasteiger partial charge on any atom is -0.497 e. The van der Waals surface area contributed by atoms with Crippen LogP contribution in [0.25, 0.3) is 22.2 Å². The average molecular weight is 641 g/mol. The monoisotopic (exact) mass is 640 g/mol. The summed E-state index contributed by atoms with van der Waals surface area (Å²) in [5.74, 6) is 2.20. The van der Waals surface area contributed by atoms with E-state index in [2.05, 4.69) is 9.97 Å². The van der Waals surface area contributed by atoms with Gasteiger partial charge in [-0.15, -0.1) is 0 Å². The largest absolute Gasteiger partial charge is 0.497 e. The summed E-state index contributed by atoms with van der Waals surface area (Å²) in [4.78, 5) is 29.3. The molecule has 0 spiro atoms. The van der Waals surface area contributed by atoms with E-state index in [0.717, 1.165) is 33.6 Å². The molecule has 1 amide bonds. The number of hydrogen-bond acceptors (Lipinski definition) is 8. The highest BCUT2D eigenvalue weighted by atomic mass is 35.5. The Labute approximate surface area is 274 Å². The molecule has 2 aromatic heterocycles. The molecule has 0 aliphatic heterocycles. The van der Waals surface area contributed by atoms with E-state index in [9.17, 15) is 4.79 Å². The van der Waals surface area contributed by atoms with Crippen LogP contribution in [0.1, 0.15) is 43.0 Å². The molecule has 46 heavy (non-hydrogen) atoms. The fraction of sp³-hybridized carbons (Fsp3) is 0.278. The third-order valence-electron chi connectivity index (χ3n) is 7.36. The number of rotatable bonds is 9. The smallest absolute Gasteiger partial charge is 0.416 e. The molecule has 0 aliphatic rings. The molecule has 0 N–H and O–H groups in total. The van der Waals surface area contributed by atoms with Gasteiger partial charge in [-0.1, -0.05) is 48.0 Å². The number of hydrogen-bond donors (Lipinski definition) is 0. The lowest BCUT2D eigenvalue weighted by atomic mass is 9.97. The van der Waals surface area contributed by atoms with E-state index in [1.54, 1.807) is 32.4 Å². The highest BCUT2D eigenvalue weighted by Gasteiger charge is 2.29. The highest BCUT2D eigenvalue weighted by Crippen LogP contribution is 2.39. The lowest BCUT2D eigenvalue weighted by Crippen LogP contribution is -2.37. The Hall–Kier alpha value is -4.89. The van der Waals surface area contributed by atoms with Crippen molar-refractivity contribution in [3.63, 3.8) is 0 Å². The molecule has 9 nitrogen and oxygen atoms in total. The van der Waals surface area contributed by atoms with E-state index in [-0.39, 0.29) is 11.7 Å². The van der Waals surface area contributed by atoms with Crippen LogP contribution in [0.15, 0.2) is 73.1 Å². The average Bonchev–Trinajstić information content (AvgIpc) is 3.02. The van der Waals surface area contributed by atoms with Gasteiger partial charge < -0.3 is 18.9 Å². The maximum Gasteiger partial charge on any atom is 0.416 e. The minimum atomic E-state index is -0.763. The third-order valence-corrected chi connectivity index (χ3v) is 7.55. The quantitative estimate of drug-likeness (QED) is 0.148. The first-order chi connectivity index (χ1) is 22.0. The molecule has 238 valence electrons. The van der Waals surface area contributed by atoms with Crippen molar-refractivity contribution in [3.05, 3.63) is 100 Å². The van der Waals surface area contributed by atoms with Crippen LogP contribution in [0.3, 0.4) is 0 Å². The summed E-state index contributed by atoms with van der Waals surface area (Å²) in [7, 11) is 3.15. The maximum absolute atomic E-state index is 13.8. The molecule has 0 saturated carbocycles. The van der Waals surface area contributed by atoms with Gasteiger partial charge in [-0.05, 0) is 70.0 Å². The number of aryl methyl sites for hydroxylation is 1. The normalized spacial score (nSPS) is 11.3. The van der Waals surface area contributed by atoms with Gasteiger partial charge in [-0.2, -0.15) is 0 Å². The van der Waals surface area contributed by atoms with Crippen molar-refractivity contribution < 1.29 is 23.7 Å². The minimum absolute atomic E-state index is 0.0876. The van der Waals surface area contributed by atoms with Gasteiger partial charge in [0.15, 0.2) is 0 Å². The fourth-order valence-corrected chi connectivity index (χ4v) is 5.38. The van der Waals surface area contributed by atoms with Gasteiger partial charge in [0.2, 0.25) is 0 Å². The molecule has 0 unspecified atom stereocenters. The van der Waals surface area contributed by atoms with E-state index >= 15 is 0 Å². The van der Waals surface area contributed by atoms with Gasteiger partial charge in [-0.3, -0.25) is 4.90 Å². The van der Waals surface area contributed by atoms with Crippen molar-refractivity contribution in [2.45, 2.75) is 53.4 Å². The molecular weight excluding hydrogens is 604 g/mol. The topological polar surface area (TPSA) is 95.9 Å². The van der Waals surface area contributed by atoms with Crippen LogP contribution >= 0.6 is 11.6 Å². The van der Waals surface area contributed by atoms with Gasteiger partial charge >= 0.3 is 6.09 Å². The number of carbonyl (C=O) groups is 1. The summed E-state index contributed by atoms with van der Waals surface area (Å²) < 4.78 is 23.1. The van der Waals surface area contributed by atoms with Crippen molar-refractivity contribution in [1.29, 1.82) is 0 Å². The first-order valence-corrected chi connectivity index (χ1v) is 15.2. The van der Waals surface area contributed by atoms with Crippen LogP contribution in [0.4, 0.5) is 10.6 Å². The molecule has 0 atom stereocenters. The van der Waals surface area contributed by atoms with E-state index in [4.69, 9.17) is 35.5 Å². The standard InChI is InChI=1S/C36H37ClN4O5/c1-22-13-16-28(45-20-24-11-9-8-10-12-24)23(2)31(22)33-32-27(18-30(37)40-33)34(39-21-38-32)41(35(42)46-36(3,4)5)19-25-14-15-26(43-6)17-29(25)44-7/h8-18,21H,19-20H2,1-7H3. The summed E-state index contributed by atoms with van der Waals surface area (Å²) in [6.45, 7) is 9.93. The fourth-order valence-electron chi connectivity index (χ4n) is 5.19. The second kappa shape index (κ2) is 13.6. The van der Waals surface area contributed by atoms with Crippen molar-refractivity contribution >= 4 is 34.4 Å². The molecule has 3 aromatic carbocycles. The number of aromatic nitrogens is 3. The van der Waals surface area contributed by atoms with Gasteiger partial charge in [-0.25, -0.2) is 19.7 Å². The van der Waals surface area contributed by atoms with Crippen molar-refractivity contribution in [3.8, 4) is 28.5 Å². The molecule has 5 aromatic rings. The summed E-state index contributed by atoms with van der Waals surface area (Å²) in [6.07, 6.45) is 0.823. The predicted octanol–water partition coefficient (Wildman–Crippen LogP) is 8.50. The Balaban J connectivity index is 1.64. The number of nitrogens with zero attached hydrogens (tertiary/aromatic N) is 4. The second-order valence-electron chi connectivity index (χ2n) is 11.8. The van der Waals surface area contributed by atoms with Gasteiger partial charge in [0.05, 0.1) is 26.5 Å². The third kappa shape index (κ3) is 7.15. The van der Waals surface area contributed by atoms with Crippen LogP contribution in [0.2, 0.25) is 5.15 Å². The van der Waals surface area contributed by atoms with Crippen molar-refractivity contribution in [2.75, 3.05) is 19.1 Å². The molecule has 0 bridgehead atoms. The molecule has 10 heteroatoms. The zero-order chi connectivity index (χ0) is 33.0. The van der Waals surface area contributed by atoms with E-state index in [1.165, 1.54) is 11.2 Å². The van der Waals surface area contributed by atoms with Crippen LogP contribution in [-0.4, -0.2) is 40.9 Å². The van der Waals surface area contributed by atoms with E-state index in [1.807, 2.05) is 83.1 Å². The number of benzene rings is 3. The number of carbonyl (C=O) groups excluding carboxylic acids is 1. The number of halogens is 1. The van der Waals surface area contributed by atoms with E-state index in [0.29, 0.717) is 40.5 Å². The summed E-state index contributed by atoms with van der Waals surface area (Å²) >= 11 is 6.70. The SMILES string of the molecule is COc1ccc(CN(C(=O)OC(C)(C)C)c2ncnc3c(-c4c(C)ccc(OCc5ccccc5)c4C)nc(Cl)cc23)c(OC)c1. The lowest BCUT2D eigenvalue weighted by Gasteiger charge is -2.28. The second-order valence-corrected chi connectivity index (χ2v) is 12.2. The van der Waals surface area contributed by atoms with Crippen LogP contribution in [-0.2, 0) is 17.9 Å². The van der Waals surface area contributed by atoms with Gasteiger partial charge in [0.1, 0.15) is 52.3 Å². The number of fused-ring (bicyclic) bond motifs is 1. The lowest BCUT2D eigenvalue weighted by molar-refractivity contribution is 0.0576. The molecule has 5 rings (SSSR count). The van der Waals surface area contributed by atoms with Crippen LogP contribution < -0.4 is 19.1 Å². The van der Waals surface area contributed by atoms with Crippen LogP contribution in [0.5, 0.6) is 17.2 Å². The van der Waals surface area contributed by atoms with Gasteiger partial charge in [0, 0.05) is 28.1 Å². The number of pyridine rings is 1. The summed E-state index contributed by atoms with van der Waals surface area (Å²) in [6, 6.07) is 21.0. The number of amides is 1. The van der Waals surface area contributed by atoms with Crippen LogP contribution in [0, 0.1) is 13.8 Å². The zero-order valence-electron chi connectivity index (χ0n) is 27.1. The molecule has 0 radical (unpaired) electrons. The number of anilines is 1. The molecule has 0 saturated heterocycles. The Morgan fingerprint density at radius 3 is 2.37 bits per heavy atom. The van der Waals surface area contributed by atoms with Crippen molar-refractivity contribution in [1.82, 2.24) is 15.0 Å². The Morgan fingerprint density at radius 1 is 0.913 bits per heavy atom. The summed E-state index contributed by atoms with van der Waals surface area (Å²) in [5, 5.41) is 0.754. The predicted molar refractivity (Wildman–Crippen MR) is 180 cm³/mol. The van der Waals surface area contributed by atoms with Crippen molar-refractivity contribution in [2.24, 2.45) is 0 Å². The molecule has 2 heterocycles. The van der Waals surface area contributed by atoms with Gasteiger partial charge in [0.25, 0.3) is 0 Å². The zero-order valence-corrected chi connectivity index (χ0v) is 27.8.